The first-order chi connectivity index (χ1) is 7.08. The zero-order valence-corrected chi connectivity index (χ0v) is 9.24. The van der Waals surface area contributed by atoms with E-state index in [9.17, 15) is 4.79 Å². The van der Waals surface area contributed by atoms with E-state index in [4.69, 9.17) is 16.7 Å². The zero-order chi connectivity index (χ0) is 11.0. The Morgan fingerprint density at radius 1 is 1.67 bits per heavy atom. The van der Waals surface area contributed by atoms with E-state index in [1.807, 2.05) is 7.05 Å². The second-order valence-corrected chi connectivity index (χ2v) is 4.40. The van der Waals surface area contributed by atoms with E-state index < -0.39 is 5.97 Å². The van der Waals surface area contributed by atoms with Gasteiger partial charge in [-0.25, -0.2) is 4.79 Å². The van der Waals surface area contributed by atoms with Gasteiger partial charge in [-0.1, -0.05) is 11.6 Å². The summed E-state index contributed by atoms with van der Waals surface area (Å²) < 4.78 is 1.77. The fourth-order valence-corrected chi connectivity index (χ4v) is 2.27. The third-order valence-corrected chi connectivity index (χ3v) is 3.00. The molecule has 4 nitrogen and oxygen atoms in total. The Morgan fingerprint density at radius 3 is 2.93 bits per heavy atom. The molecular weight excluding hydrogens is 216 g/mol. The molecule has 0 amide bonds. The van der Waals surface area contributed by atoms with Crippen molar-refractivity contribution >= 4 is 17.6 Å². The summed E-state index contributed by atoms with van der Waals surface area (Å²) in [7, 11) is 2.03. The fraction of sp³-hybridized carbons (Fsp3) is 0.500. The summed E-state index contributed by atoms with van der Waals surface area (Å²) in [6.45, 7) is 1.88. The number of aromatic nitrogens is 1. The van der Waals surface area contributed by atoms with Crippen molar-refractivity contribution in [2.45, 2.75) is 12.5 Å². The first kappa shape index (κ1) is 10.5. The van der Waals surface area contributed by atoms with Gasteiger partial charge in [-0.3, -0.25) is 0 Å². The highest BCUT2D eigenvalue weighted by Crippen LogP contribution is 2.25. The monoisotopic (exact) mass is 228 g/mol. The molecule has 1 aliphatic heterocycles. The van der Waals surface area contributed by atoms with Crippen molar-refractivity contribution in [2.24, 2.45) is 0 Å². The van der Waals surface area contributed by atoms with Crippen LogP contribution in [0, 0.1) is 0 Å². The van der Waals surface area contributed by atoms with Gasteiger partial charge in [0.2, 0.25) is 0 Å². The van der Waals surface area contributed by atoms with E-state index in [1.54, 1.807) is 10.8 Å². The van der Waals surface area contributed by atoms with E-state index in [-0.39, 0.29) is 11.7 Å². The number of carbonyl (C=O) groups is 1. The molecule has 0 aromatic carbocycles. The highest BCUT2D eigenvalue weighted by molar-refractivity contribution is 6.30. The van der Waals surface area contributed by atoms with Gasteiger partial charge in [0.25, 0.3) is 0 Å². The molecule has 0 radical (unpaired) electrons. The summed E-state index contributed by atoms with van der Waals surface area (Å²) in [6.07, 6.45) is 2.68. The van der Waals surface area contributed by atoms with Gasteiger partial charge < -0.3 is 14.6 Å². The maximum absolute atomic E-state index is 11.0. The Morgan fingerprint density at radius 2 is 2.40 bits per heavy atom. The highest BCUT2D eigenvalue weighted by Gasteiger charge is 2.24. The second kappa shape index (κ2) is 3.87. The van der Waals surface area contributed by atoms with Gasteiger partial charge in [0.1, 0.15) is 5.69 Å². The fourth-order valence-electron chi connectivity index (χ4n) is 2.06. The number of likely N-dealkylation sites (N-methyl/N-ethyl adjacent to an activating group) is 1. The van der Waals surface area contributed by atoms with Crippen LogP contribution in [-0.4, -0.2) is 40.7 Å². The van der Waals surface area contributed by atoms with E-state index in [0.717, 1.165) is 19.5 Å². The van der Waals surface area contributed by atoms with Gasteiger partial charge in [-0.05, 0) is 26.1 Å². The molecule has 15 heavy (non-hydrogen) atoms. The normalized spacial score (nSPS) is 22.1. The Labute approximate surface area is 93.1 Å². The van der Waals surface area contributed by atoms with Gasteiger partial charge in [0.15, 0.2) is 0 Å². The lowest BCUT2D eigenvalue weighted by atomic mass is 10.2. The van der Waals surface area contributed by atoms with Crippen LogP contribution in [-0.2, 0) is 0 Å². The topological polar surface area (TPSA) is 45.5 Å². The SMILES string of the molecule is CN1CCC(n2cc(Cl)cc2C(=O)O)C1. The number of hydrogen-bond donors (Lipinski definition) is 1. The lowest BCUT2D eigenvalue weighted by molar-refractivity contribution is 0.0682. The van der Waals surface area contributed by atoms with Crippen LogP contribution < -0.4 is 0 Å². The zero-order valence-electron chi connectivity index (χ0n) is 8.48. The molecule has 5 heteroatoms. The Kier molecular flexibility index (Phi) is 2.71. The number of hydrogen-bond acceptors (Lipinski definition) is 2. The molecule has 1 saturated heterocycles. The van der Waals surface area contributed by atoms with Gasteiger partial charge in [-0.15, -0.1) is 0 Å². The number of carboxylic acid groups (broad SMARTS) is 1. The van der Waals surface area contributed by atoms with Crippen molar-refractivity contribution in [1.82, 2.24) is 9.47 Å². The number of likely N-dealkylation sites (tertiary alicyclic amines) is 1. The van der Waals surface area contributed by atoms with Crippen molar-refractivity contribution in [3.05, 3.63) is 23.0 Å². The first-order valence-electron chi connectivity index (χ1n) is 4.87. The quantitative estimate of drug-likeness (QED) is 0.839. The molecule has 1 aromatic rings. The molecule has 1 atom stereocenters. The standard InChI is InChI=1S/C10H13ClN2O2/c1-12-3-2-8(6-12)13-5-7(11)4-9(13)10(14)15/h4-5,8H,2-3,6H2,1H3,(H,14,15). The molecule has 82 valence electrons. The van der Waals surface area contributed by atoms with E-state index in [0.29, 0.717) is 5.02 Å². The average Bonchev–Trinajstić information content (AvgIpc) is 2.71. The number of aromatic carboxylic acids is 1. The van der Waals surface area contributed by atoms with Crippen LogP contribution in [0.5, 0.6) is 0 Å². The molecule has 0 saturated carbocycles. The van der Waals surface area contributed by atoms with Crippen LogP contribution in [0.15, 0.2) is 12.3 Å². The van der Waals surface area contributed by atoms with Crippen molar-refractivity contribution in [3.63, 3.8) is 0 Å². The minimum atomic E-state index is -0.920. The molecular formula is C10H13ClN2O2. The van der Waals surface area contributed by atoms with Gasteiger partial charge in [0, 0.05) is 18.8 Å². The molecule has 0 spiro atoms. The van der Waals surface area contributed by atoms with E-state index in [1.165, 1.54) is 6.07 Å². The largest absolute Gasteiger partial charge is 0.477 e. The minimum absolute atomic E-state index is 0.230. The van der Waals surface area contributed by atoms with Crippen molar-refractivity contribution in [2.75, 3.05) is 20.1 Å². The summed E-state index contributed by atoms with van der Waals surface area (Å²) in [6, 6.07) is 1.73. The van der Waals surface area contributed by atoms with Gasteiger partial charge in [-0.2, -0.15) is 0 Å². The number of halogens is 1. The molecule has 0 aliphatic carbocycles. The van der Waals surface area contributed by atoms with Crippen LogP contribution in [0.4, 0.5) is 0 Å². The molecule has 2 rings (SSSR count). The summed E-state index contributed by atoms with van der Waals surface area (Å²) in [5.74, 6) is -0.920. The third kappa shape index (κ3) is 2.01. The smallest absolute Gasteiger partial charge is 0.352 e. The summed E-state index contributed by atoms with van der Waals surface area (Å²) in [5, 5.41) is 9.50. The van der Waals surface area contributed by atoms with E-state index in [2.05, 4.69) is 4.90 Å². The van der Waals surface area contributed by atoms with Crippen LogP contribution in [0.2, 0.25) is 5.02 Å². The molecule has 1 aliphatic rings. The number of nitrogens with zero attached hydrogens (tertiary/aromatic N) is 2. The van der Waals surface area contributed by atoms with E-state index >= 15 is 0 Å². The van der Waals surface area contributed by atoms with Crippen LogP contribution in [0.3, 0.4) is 0 Å². The Bertz CT molecular complexity index is 389. The van der Waals surface area contributed by atoms with Crippen LogP contribution in [0.25, 0.3) is 0 Å². The Balaban J connectivity index is 2.30. The summed E-state index contributed by atoms with van der Waals surface area (Å²) >= 11 is 5.83. The maximum atomic E-state index is 11.0. The van der Waals surface area contributed by atoms with Crippen molar-refractivity contribution in [3.8, 4) is 0 Å². The number of carboxylic acids is 1. The lowest BCUT2D eigenvalue weighted by Crippen LogP contribution is -2.18. The van der Waals surface area contributed by atoms with Gasteiger partial charge >= 0.3 is 5.97 Å². The van der Waals surface area contributed by atoms with Crippen molar-refractivity contribution < 1.29 is 9.90 Å². The molecule has 1 fully saturated rings. The summed E-state index contributed by atoms with van der Waals surface area (Å²) in [5.41, 5.74) is 0.278. The van der Waals surface area contributed by atoms with Crippen molar-refractivity contribution in [1.29, 1.82) is 0 Å². The van der Waals surface area contributed by atoms with Gasteiger partial charge in [0.05, 0.1) is 5.02 Å². The molecule has 1 aromatic heterocycles. The third-order valence-electron chi connectivity index (χ3n) is 2.79. The number of rotatable bonds is 2. The average molecular weight is 229 g/mol. The predicted octanol–water partition coefficient (Wildman–Crippen LogP) is 1.72. The highest BCUT2D eigenvalue weighted by atomic mass is 35.5. The molecule has 1 N–H and O–H groups in total. The maximum Gasteiger partial charge on any atom is 0.352 e. The predicted molar refractivity (Wildman–Crippen MR) is 57.6 cm³/mol. The van der Waals surface area contributed by atoms with Crippen LogP contribution in [0.1, 0.15) is 23.0 Å². The van der Waals surface area contributed by atoms with Crippen LogP contribution >= 0.6 is 11.6 Å². The summed E-state index contributed by atoms with van der Waals surface area (Å²) in [4.78, 5) is 13.2. The molecule has 1 unspecified atom stereocenters. The second-order valence-electron chi connectivity index (χ2n) is 3.96. The minimum Gasteiger partial charge on any atom is -0.477 e. The Hall–Kier alpha value is -1.00. The molecule has 0 bridgehead atoms. The lowest BCUT2D eigenvalue weighted by Gasteiger charge is -2.14. The molecule has 2 heterocycles. The first-order valence-corrected chi connectivity index (χ1v) is 5.25.